The molecule has 16 heavy (non-hydrogen) atoms. The number of aliphatic hydroxyl groups is 1. The lowest BCUT2D eigenvalue weighted by atomic mass is 9.96. The van der Waals surface area contributed by atoms with Crippen LogP contribution in [0.25, 0.3) is 0 Å². The molecule has 0 aliphatic carbocycles. The molecule has 1 atom stereocenters. The van der Waals surface area contributed by atoms with Crippen LogP contribution in [0, 0.1) is 0 Å². The van der Waals surface area contributed by atoms with Crippen molar-refractivity contribution in [3.63, 3.8) is 0 Å². The van der Waals surface area contributed by atoms with Gasteiger partial charge in [0, 0.05) is 19.4 Å². The van der Waals surface area contributed by atoms with Crippen LogP contribution in [0.3, 0.4) is 0 Å². The van der Waals surface area contributed by atoms with E-state index in [2.05, 4.69) is 10.1 Å². The average molecular weight is 217 g/mol. The van der Waals surface area contributed by atoms with Crippen LogP contribution >= 0.6 is 0 Å². The highest BCUT2D eigenvalue weighted by Gasteiger charge is 2.13. The summed E-state index contributed by atoms with van der Waals surface area (Å²) in [5.74, 6) is 0.979. The van der Waals surface area contributed by atoms with Crippen LogP contribution in [0.5, 0.6) is 0 Å². The van der Waals surface area contributed by atoms with Gasteiger partial charge in [-0.3, -0.25) is 4.68 Å². The standard InChI is InChI=1S/C12H15N3O/c1-15-12(13-9-14-15)7-11(8-16)10-5-3-2-4-6-10/h2-6,9,11,16H,7-8H2,1H3. The molecule has 2 rings (SSSR count). The van der Waals surface area contributed by atoms with E-state index in [9.17, 15) is 5.11 Å². The van der Waals surface area contributed by atoms with Crippen molar-refractivity contribution in [3.8, 4) is 0 Å². The topological polar surface area (TPSA) is 50.9 Å². The summed E-state index contributed by atoms with van der Waals surface area (Å²) < 4.78 is 1.74. The van der Waals surface area contributed by atoms with Crippen molar-refractivity contribution < 1.29 is 5.11 Å². The molecular formula is C12H15N3O. The van der Waals surface area contributed by atoms with Crippen molar-refractivity contribution in [3.05, 3.63) is 48.0 Å². The van der Waals surface area contributed by atoms with Crippen LogP contribution in [-0.2, 0) is 13.5 Å². The van der Waals surface area contributed by atoms with Gasteiger partial charge in [-0.25, -0.2) is 4.98 Å². The Kier molecular flexibility index (Phi) is 3.31. The lowest BCUT2D eigenvalue weighted by Crippen LogP contribution is -2.11. The van der Waals surface area contributed by atoms with Gasteiger partial charge in [-0.1, -0.05) is 30.3 Å². The van der Waals surface area contributed by atoms with Crippen molar-refractivity contribution in [2.45, 2.75) is 12.3 Å². The third kappa shape index (κ3) is 2.28. The summed E-state index contributed by atoms with van der Waals surface area (Å²) in [6.45, 7) is 0.122. The maximum Gasteiger partial charge on any atom is 0.138 e. The number of hydrogen-bond donors (Lipinski definition) is 1. The predicted molar refractivity (Wildman–Crippen MR) is 61.0 cm³/mol. The summed E-state index contributed by atoms with van der Waals surface area (Å²) >= 11 is 0. The Bertz CT molecular complexity index is 439. The van der Waals surface area contributed by atoms with Crippen LogP contribution in [0.1, 0.15) is 17.3 Å². The molecular weight excluding hydrogens is 202 g/mol. The lowest BCUT2D eigenvalue weighted by molar-refractivity contribution is 0.262. The van der Waals surface area contributed by atoms with Gasteiger partial charge in [-0.2, -0.15) is 5.10 Å². The molecule has 0 amide bonds. The van der Waals surface area contributed by atoms with Crippen LogP contribution in [0.2, 0.25) is 0 Å². The Morgan fingerprint density at radius 2 is 2.06 bits per heavy atom. The van der Waals surface area contributed by atoms with E-state index in [-0.39, 0.29) is 12.5 Å². The smallest absolute Gasteiger partial charge is 0.138 e. The SMILES string of the molecule is Cn1ncnc1CC(CO)c1ccccc1. The van der Waals surface area contributed by atoms with Crippen LogP contribution in [-0.4, -0.2) is 26.5 Å². The van der Waals surface area contributed by atoms with E-state index in [0.717, 1.165) is 11.4 Å². The van der Waals surface area contributed by atoms with E-state index in [1.54, 1.807) is 4.68 Å². The van der Waals surface area contributed by atoms with E-state index in [0.29, 0.717) is 6.42 Å². The van der Waals surface area contributed by atoms with Gasteiger partial charge < -0.3 is 5.11 Å². The van der Waals surface area contributed by atoms with Gasteiger partial charge in [0.1, 0.15) is 12.2 Å². The molecule has 0 aliphatic rings. The zero-order valence-electron chi connectivity index (χ0n) is 9.24. The van der Waals surface area contributed by atoms with Crippen molar-refractivity contribution in [2.75, 3.05) is 6.61 Å². The van der Waals surface area contributed by atoms with E-state index in [1.165, 1.54) is 6.33 Å². The summed E-state index contributed by atoms with van der Waals surface area (Å²) in [6, 6.07) is 9.98. The Balaban J connectivity index is 2.16. The van der Waals surface area contributed by atoms with Crippen LogP contribution in [0.4, 0.5) is 0 Å². The number of aliphatic hydroxyl groups excluding tert-OH is 1. The average Bonchev–Trinajstić information content (AvgIpc) is 2.73. The molecule has 4 nitrogen and oxygen atoms in total. The molecule has 1 heterocycles. The first kappa shape index (κ1) is 10.8. The van der Waals surface area contributed by atoms with E-state index >= 15 is 0 Å². The molecule has 0 aliphatic heterocycles. The number of aromatic nitrogens is 3. The second-order valence-corrected chi connectivity index (χ2v) is 3.79. The van der Waals surface area contributed by atoms with Crippen molar-refractivity contribution in [2.24, 2.45) is 7.05 Å². The summed E-state index contributed by atoms with van der Waals surface area (Å²) in [7, 11) is 1.86. The predicted octanol–water partition coefficient (Wildman–Crippen LogP) is 1.13. The lowest BCUT2D eigenvalue weighted by Gasteiger charge is -2.13. The minimum Gasteiger partial charge on any atom is -0.396 e. The first-order valence-electron chi connectivity index (χ1n) is 5.30. The van der Waals surface area contributed by atoms with Crippen LogP contribution < -0.4 is 0 Å². The molecule has 2 aromatic rings. The molecule has 1 unspecified atom stereocenters. The minimum absolute atomic E-state index is 0.0871. The molecule has 0 fully saturated rings. The summed E-state index contributed by atoms with van der Waals surface area (Å²) in [5.41, 5.74) is 1.13. The Hall–Kier alpha value is -1.68. The normalized spacial score (nSPS) is 12.6. The zero-order valence-corrected chi connectivity index (χ0v) is 9.24. The van der Waals surface area contributed by atoms with Crippen molar-refractivity contribution in [1.29, 1.82) is 0 Å². The highest BCUT2D eigenvalue weighted by atomic mass is 16.3. The molecule has 0 radical (unpaired) electrons. The fourth-order valence-electron chi connectivity index (χ4n) is 1.74. The Morgan fingerprint density at radius 3 is 2.62 bits per heavy atom. The second kappa shape index (κ2) is 4.90. The fourth-order valence-corrected chi connectivity index (χ4v) is 1.74. The third-order valence-corrected chi connectivity index (χ3v) is 2.73. The highest BCUT2D eigenvalue weighted by molar-refractivity contribution is 5.20. The number of aryl methyl sites for hydroxylation is 1. The zero-order chi connectivity index (χ0) is 11.4. The fraction of sp³-hybridized carbons (Fsp3) is 0.333. The molecule has 1 aromatic carbocycles. The van der Waals surface area contributed by atoms with Crippen molar-refractivity contribution in [1.82, 2.24) is 14.8 Å². The number of benzene rings is 1. The van der Waals surface area contributed by atoms with Crippen molar-refractivity contribution >= 4 is 0 Å². The largest absolute Gasteiger partial charge is 0.396 e. The highest BCUT2D eigenvalue weighted by Crippen LogP contribution is 2.18. The van der Waals surface area contributed by atoms with E-state index in [1.807, 2.05) is 37.4 Å². The van der Waals surface area contributed by atoms with E-state index in [4.69, 9.17) is 0 Å². The summed E-state index contributed by atoms with van der Waals surface area (Å²) in [6.07, 6.45) is 2.24. The van der Waals surface area contributed by atoms with E-state index < -0.39 is 0 Å². The monoisotopic (exact) mass is 217 g/mol. The molecule has 0 bridgehead atoms. The molecule has 84 valence electrons. The maximum atomic E-state index is 9.41. The number of nitrogens with zero attached hydrogens (tertiary/aromatic N) is 3. The Labute approximate surface area is 94.6 Å². The quantitative estimate of drug-likeness (QED) is 0.835. The van der Waals surface area contributed by atoms with Gasteiger partial charge in [0.2, 0.25) is 0 Å². The minimum atomic E-state index is 0.0871. The molecule has 1 aromatic heterocycles. The summed E-state index contributed by atoms with van der Waals surface area (Å²) in [4.78, 5) is 4.17. The maximum absolute atomic E-state index is 9.41. The number of hydrogen-bond acceptors (Lipinski definition) is 3. The summed E-state index contributed by atoms with van der Waals surface area (Å²) in [5, 5.41) is 13.4. The van der Waals surface area contributed by atoms with Gasteiger partial charge in [-0.15, -0.1) is 0 Å². The molecule has 0 saturated carbocycles. The van der Waals surface area contributed by atoms with Gasteiger partial charge in [0.15, 0.2) is 0 Å². The first-order chi connectivity index (χ1) is 7.81. The van der Waals surface area contributed by atoms with Gasteiger partial charge in [0.05, 0.1) is 6.61 Å². The van der Waals surface area contributed by atoms with Crippen LogP contribution in [0.15, 0.2) is 36.7 Å². The molecule has 0 spiro atoms. The molecule has 4 heteroatoms. The first-order valence-corrected chi connectivity index (χ1v) is 5.30. The molecule has 1 N–H and O–H groups in total. The Morgan fingerprint density at radius 1 is 1.31 bits per heavy atom. The van der Waals surface area contributed by atoms with Gasteiger partial charge >= 0.3 is 0 Å². The number of rotatable bonds is 4. The van der Waals surface area contributed by atoms with Gasteiger partial charge in [-0.05, 0) is 5.56 Å². The molecule has 0 saturated heterocycles. The van der Waals surface area contributed by atoms with Gasteiger partial charge in [0.25, 0.3) is 0 Å². The second-order valence-electron chi connectivity index (χ2n) is 3.79. The third-order valence-electron chi connectivity index (χ3n) is 2.73.